The summed E-state index contributed by atoms with van der Waals surface area (Å²) in [5, 5.41) is 11.6. The van der Waals surface area contributed by atoms with Crippen molar-refractivity contribution in [3.05, 3.63) is 0 Å². The number of aliphatic hydroxyl groups excluding tert-OH is 1. The number of hydrogen-bond donors (Lipinski definition) is 1. The third-order valence-electron chi connectivity index (χ3n) is 8.08. The molecule has 0 bridgehead atoms. The third-order valence-corrected chi connectivity index (χ3v) is 12.7. The van der Waals surface area contributed by atoms with Crippen LogP contribution in [-0.2, 0) is 13.9 Å². The van der Waals surface area contributed by atoms with Gasteiger partial charge in [0.1, 0.15) is 12.2 Å². The fourth-order valence-electron chi connectivity index (χ4n) is 5.81. The Morgan fingerprint density at radius 3 is 2.18 bits per heavy atom. The predicted octanol–water partition coefficient (Wildman–Crippen LogP) is 5.43. The van der Waals surface area contributed by atoms with Gasteiger partial charge in [0.25, 0.3) is 0 Å². The van der Waals surface area contributed by atoms with E-state index in [1.807, 2.05) is 0 Å². The van der Waals surface area contributed by atoms with Crippen LogP contribution in [0.15, 0.2) is 0 Å². The summed E-state index contributed by atoms with van der Waals surface area (Å²) in [5.74, 6) is 0.456. The highest BCUT2D eigenvalue weighted by atomic mass is 28.4. The van der Waals surface area contributed by atoms with Gasteiger partial charge in [-0.2, -0.15) is 0 Å². The first kappa shape index (κ1) is 22.7. The smallest absolute Gasteiger partial charge is 0.192 e. The van der Waals surface area contributed by atoms with E-state index in [1.54, 1.807) is 0 Å². The van der Waals surface area contributed by atoms with Crippen molar-refractivity contribution in [2.24, 2.45) is 5.92 Å². The molecule has 0 radical (unpaired) electrons. The Morgan fingerprint density at radius 1 is 1.00 bits per heavy atom. The van der Waals surface area contributed by atoms with E-state index in [-0.39, 0.29) is 23.9 Å². The van der Waals surface area contributed by atoms with Crippen LogP contribution in [0.4, 0.5) is 0 Å². The molecule has 164 valence electrons. The molecule has 2 saturated carbocycles. The van der Waals surface area contributed by atoms with Gasteiger partial charge in [-0.3, -0.25) is 0 Å². The summed E-state index contributed by atoms with van der Waals surface area (Å²) in [6.45, 7) is 9.58. The van der Waals surface area contributed by atoms with Crippen molar-refractivity contribution >= 4 is 8.32 Å². The SMILES string of the molecule is CC[Si](CC)(CC)OC(C1CCCCC1)C(O)C1OC2(CCCC2)COC1C. The molecule has 0 aromatic rings. The van der Waals surface area contributed by atoms with Gasteiger partial charge in [0.05, 0.1) is 24.4 Å². The molecule has 1 heterocycles. The van der Waals surface area contributed by atoms with E-state index in [0.29, 0.717) is 12.5 Å². The van der Waals surface area contributed by atoms with Crippen molar-refractivity contribution in [2.45, 2.75) is 134 Å². The fourth-order valence-corrected chi connectivity index (χ4v) is 8.72. The van der Waals surface area contributed by atoms with Crippen LogP contribution in [0.1, 0.15) is 85.5 Å². The Morgan fingerprint density at radius 2 is 1.61 bits per heavy atom. The van der Waals surface area contributed by atoms with Crippen molar-refractivity contribution in [3.63, 3.8) is 0 Å². The van der Waals surface area contributed by atoms with Crippen molar-refractivity contribution in [1.29, 1.82) is 0 Å². The van der Waals surface area contributed by atoms with Gasteiger partial charge in [0.2, 0.25) is 0 Å². The lowest BCUT2D eigenvalue weighted by Gasteiger charge is -2.48. The van der Waals surface area contributed by atoms with Crippen LogP contribution in [-0.4, -0.2) is 50.0 Å². The van der Waals surface area contributed by atoms with Gasteiger partial charge in [0.15, 0.2) is 8.32 Å². The first-order valence-electron chi connectivity index (χ1n) is 12.1. The molecule has 4 nitrogen and oxygen atoms in total. The average molecular weight is 413 g/mol. The molecule has 1 saturated heterocycles. The van der Waals surface area contributed by atoms with Gasteiger partial charge in [-0.25, -0.2) is 0 Å². The quantitative estimate of drug-likeness (QED) is 0.540. The molecule has 2 aliphatic carbocycles. The first-order valence-corrected chi connectivity index (χ1v) is 14.7. The Hall–Kier alpha value is 0.0569. The molecule has 0 aromatic heterocycles. The normalized spacial score (nSPS) is 31.2. The Balaban J connectivity index is 1.81. The third kappa shape index (κ3) is 4.85. The lowest BCUT2D eigenvalue weighted by atomic mass is 9.81. The molecule has 3 aliphatic rings. The van der Waals surface area contributed by atoms with Gasteiger partial charge < -0.3 is 19.0 Å². The average Bonchev–Trinajstić information content (AvgIpc) is 3.20. The molecule has 0 aromatic carbocycles. The zero-order valence-corrected chi connectivity index (χ0v) is 19.8. The minimum atomic E-state index is -1.81. The molecule has 3 rings (SSSR count). The van der Waals surface area contributed by atoms with E-state index in [4.69, 9.17) is 13.9 Å². The maximum Gasteiger partial charge on any atom is 0.192 e. The monoisotopic (exact) mass is 412 g/mol. The summed E-state index contributed by atoms with van der Waals surface area (Å²) < 4.78 is 19.8. The summed E-state index contributed by atoms with van der Waals surface area (Å²) in [7, 11) is -1.81. The Kier molecular flexibility index (Phi) is 8.05. The van der Waals surface area contributed by atoms with E-state index < -0.39 is 14.4 Å². The van der Waals surface area contributed by atoms with Gasteiger partial charge in [-0.15, -0.1) is 0 Å². The number of ether oxygens (including phenoxy) is 2. The number of rotatable bonds is 8. The van der Waals surface area contributed by atoms with E-state index in [9.17, 15) is 5.11 Å². The van der Waals surface area contributed by atoms with Crippen LogP contribution >= 0.6 is 0 Å². The topological polar surface area (TPSA) is 47.9 Å². The molecular weight excluding hydrogens is 368 g/mol. The predicted molar refractivity (Wildman–Crippen MR) is 116 cm³/mol. The molecule has 4 unspecified atom stereocenters. The molecule has 1 spiro atoms. The molecule has 1 N–H and O–H groups in total. The van der Waals surface area contributed by atoms with E-state index in [0.717, 1.165) is 31.0 Å². The van der Waals surface area contributed by atoms with Gasteiger partial charge in [-0.1, -0.05) is 52.9 Å². The second-order valence-electron chi connectivity index (χ2n) is 9.70. The molecule has 1 aliphatic heterocycles. The van der Waals surface area contributed by atoms with Gasteiger partial charge in [-0.05, 0) is 56.7 Å². The molecule has 4 atom stereocenters. The summed E-state index contributed by atoms with van der Waals surface area (Å²) in [4.78, 5) is 0. The van der Waals surface area contributed by atoms with E-state index in [1.165, 1.54) is 44.9 Å². The van der Waals surface area contributed by atoms with Crippen LogP contribution in [0.3, 0.4) is 0 Å². The van der Waals surface area contributed by atoms with Crippen molar-refractivity contribution in [3.8, 4) is 0 Å². The number of aliphatic hydroxyl groups is 1. The largest absolute Gasteiger partial charge is 0.411 e. The zero-order valence-electron chi connectivity index (χ0n) is 18.8. The fraction of sp³-hybridized carbons (Fsp3) is 1.00. The van der Waals surface area contributed by atoms with Crippen LogP contribution < -0.4 is 0 Å². The highest BCUT2D eigenvalue weighted by molar-refractivity contribution is 6.73. The molecular formula is C23H44O4Si. The molecule has 3 fully saturated rings. The lowest BCUT2D eigenvalue weighted by molar-refractivity contribution is -0.260. The Bertz CT molecular complexity index is 461. The van der Waals surface area contributed by atoms with Crippen LogP contribution in [0.25, 0.3) is 0 Å². The van der Waals surface area contributed by atoms with Crippen LogP contribution in [0.5, 0.6) is 0 Å². The van der Waals surface area contributed by atoms with Crippen molar-refractivity contribution < 1.29 is 19.0 Å². The first-order chi connectivity index (χ1) is 13.5. The van der Waals surface area contributed by atoms with E-state index in [2.05, 4.69) is 27.7 Å². The zero-order chi connectivity index (χ0) is 20.2. The summed E-state index contributed by atoms with van der Waals surface area (Å²) in [6.07, 6.45) is 9.72. The summed E-state index contributed by atoms with van der Waals surface area (Å²) in [6, 6.07) is 3.37. The maximum atomic E-state index is 11.6. The minimum Gasteiger partial charge on any atom is -0.411 e. The maximum absolute atomic E-state index is 11.6. The van der Waals surface area contributed by atoms with Gasteiger partial charge in [0, 0.05) is 0 Å². The number of hydrogen-bond acceptors (Lipinski definition) is 4. The Labute approximate surface area is 173 Å². The van der Waals surface area contributed by atoms with Crippen LogP contribution in [0, 0.1) is 5.92 Å². The minimum absolute atomic E-state index is 0.0724. The molecule has 5 heteroatoms. The van der Waals surface area contributed by atoms with Crippen LogP contribution in [0.2, 0.25) is 18.1 Å². The second kappa shape index (κ2) is 9.91. The second-order valence-corrected chi connectivity index (χ2v) is 14.4. The summed E-state index contributed by atoms with van der Waals surface area (Å²) in [5.41, 5.74) is -0.163. The molecule has 28 heavy (non-hydrogen) atoms. The highest BCUT2D eigenvalue weighted by Gasteiger charge is 2.49. The standard InChI is InChI=1S/C23H44O4Si/c1-5-28(6-2,7-3)27-22(19-13-9-8-10-14-19)20(24)21-18(4)25-17-23(26-21)15-11-12-16-23/h18-22,24H,5-17H2,1-4H3. The van der Waals surface area contributed by atoms with E-state index >= 15 is 0 Å². The van der Waals surface area contributed by atoms with Crippen molar-refractivity contribution in [2.75, 3.05) is 6.61 Å². The highest BCUT2D eigenvalue weighted by Crippen LogP contribution is 2.41. The van der Waals surface area contributed by atoms with Crippen molar-refractivity contribution in [1.82, 2.24) is 0 Å². The lowest BCUT2D eigenvalue weighted by Crippen LogP contribution is -2.59. The molecule has 0 amide bonds. The van der Waals surface area contributed by atoms with Gasteiger partial charge >= 0.3 is 0 Å². The summed E-state index contributed by atoms with van der Waals surface area (Å²) >= 11 is 0.